The van der Waals surface area contributed by atoms with E-state index in [4.69, 9.17) is 5.73 Å². The molecular weight excluding hydrogens is 303 g/mol. The Morgan fingerprint density at radius 1 is 1.41 bits per heavy atom. The van der Waals surface area contributed by atoms with E-state index in [-0.39, 0.29) is 11.9 Å². The van der Waals surface area contributed by atoms with Gasteiger partial charge in [-0.3, -0.25) is 0 Å². The number of benzene rings is 1. The van der Waals surface area contributed by atoms with E-state index in [0.717, 1.165) is 15.0 Å². The summed E-state index contributed by atoms with van der Waals surface area (Å²) in [5.74, 6) is -0.254. The van der Waals surface area contributed by atoms with Gasteiger partial charge in [0.15, 0.2) is 0 Å². The van der Waals surface area contributed by atoms with Gasteiger partial charge in [-0.05, 0) is 45.6 Å². The molecule has 1 unspecified atom stereocenters. The quantitative estimate of drug-likeness (QED) is 0.901. The smallest absolute Gasteiger partial charge is 0.125 e. The predicted octanol–water partition coefficient (Wildman–Crippen LogP) is 3.76. The lowest BCUT2D eigenvalue weighted by molar-refractivity contribution is 0.627. The molecule has 1 atom stereocenters. The molecule has 2 rings (SSSR count). The van der Waals surface area contributed by atoms with E-state index in [1.54, 1.807) is 17.4 Å². The van der Waals surface area contributed by atoms with Crippen LogP contribution in [-0.2, 0) is 0 Å². The minimum Gasteiger partial charge on any atom is -0.376 e. The van der Waals surface area contributed by atoms with Crippen molar-refractivity contribution in [2.75, 3.05) is 11.9 Å². The number of rotatable bonds is 4. The fourth-order valence-corrected chi connectivity index (χ4v) is 3.28. The minimum absolute atomic E-state index is 0.00817. The molecule has 90 valence electrons. The third-order valence-corrected chi connectivity index (χ3v) is 4.35. The largest absolute Gasteiger partial charge is 0.376 e. The van der Waals surface area contributed by atoms with E-state index in [1.807, 2.05) is 17.5 Å². The van der Waals surface area contributed by atoms with Crippen LogP contribution in [0, 0.1) is 5.82 Å². The zero-order valence-corrected chi connectivity index (χ0v) is 11.4. The molecular formula is C12H12BrFN2S. The molecule has 0 fully saturated rings. The molecule has 5 heteroatoms. The zero-order chi connectivity index (χ0) is 12.3. The van der Waals surface area contributed by atoms with Gasteiger partial charge in [-0.25, -0.2) is 4.39 Å². The Morgan fingerprint density at radius 3 is 2.82 bits per heavy atom. The molecule has 3 N–H and O–H groups in total. The highest BCUT2D eigenvalue weighted by atomic mass is 79.9. The summed E-state index contributed by atoms with van der Waals surface area (Å²) < 4.78 is 14.1. The van der Waals surface area contributed by atoms with E-state index in [1.165, 1.54) is 12.1 Å². The first kappa shape index (κ1) is 12.5. The van der Waals surface area contributed by atoms with Gasteiger partial charge in [0.1, 0.15) is 5.82 Å². The van der Waals surface area contributed by atoms with Crippen LogP contribution in [0.2, 0.25) is 0 Å². The molecule has 1 aromatic heterocycles. The lowest BCUT2D eigenvalue weighted by atomic mass is 10.2. The van der Waals surface area contributed by atoms with Gasteiger partial charge in [-0.2, -0.15) is 0 Å². The fourth-order valence-electron chi connectivity index (χ4n) is 1.57. The normalized spacial score (nSPS) is 12.4. The first-order chi connectivity index (χ1) is 8.20. The summed E-state index contributed by atoms with van der Waals surface area (Å²) in [6.45, 7) is 0.454. The number of hydrogen-bond acceptors (Lipinski definition) is 3. The maximum absolute atomic E-state index is 13.1. The van der Waals surface area contributed by atoms with Crippen LogP contribution in [0.3, 0.4) is 0 Å². The van der Waals surface area contributed by atoms with Crippen LogP contribution in [0.15, 0.2) is 40.2 Å². The summed E-state index contributed by atoms with van der Waals surface area (Å²) in [4.78, 5) is 1.12. The highest BCUT2D eigenvalue weighted by Crippen LogP contribution is 2.30. The summed E-state index contributed by atoms with van der Waals surface area (Å²) in [6.07, 6.45) is 0. The summed E-state index contributed by atoms with van der Waals surface area (Å²) in [6, 6.07) is 8.36. The molecule has 0 aliphatic heterocycles. The van der Waals surface area contributed by atoms with Gasteiger partial charge < -0.3 is 11.1 Å². The summed E-state index contributed by atoms with van der Waals surface area (Å²) >= 11 is 5.10. The number of hydrogen-bond donors (Lipinski definition) is 2. The van der Waals surface area contributed by atoms with Gasteiger partial charge in [0.05, 0.1) is 6.04 Å². The van der Waals surface area contributed by atoms with Crippen LogP contribution < -0.4 is 11.1 Å². The second kappa shape index (κ2) is 5.62. The maximum atomic E-state index is 13.1. The van der Waals surface area contributed by atoms with Crippen molar-refractivity contribution in [2.45, 2.75) is 6.04 Å². The molecule has 0 spiro atoms. The summed E-state index contributed by atoms with van der Waals surface area (Å²) in [7, 11) is 0. The van der Waals surface area contributed by atoms with Crippen molar-refractivity contribution < 1.29 is 4.39 Å². The van der Waals surface area contributed by atoms with Crippen molar-refractivity contribution in [3.05, 3.63) is 50.9 Å². The first-order valence-corrected chi connectivity index (χ1v) is 6.83. The van der Waals surface area contributed by atoms with Crippen molar-refractivity contribution in [3.8, 4) is 0 Å². The molecule has 0 saturated heterocycles. The van der Waals surface area contributed by atoms with Crippen molar-refractivity contribution in [3.63, 3.8) is 0 Å². The van der Waals surface area contributed by atoms with Crippen molar-refractivity contribution in [1.82, 2.24) is 0 Å². The summed E-state index contributed by atoms with van der Waals surface area (Å²) in [5, 5.41) is 5.22. The molecule has 17 heavy (non-hydrogen) atoms. The van der Waals surface area contributed by atoms with E-state index in [0.29, 0.717) is 6.54 Å². The molecule has 1 heterocycles. The van der Waals surface area contributed by atoms with Crippen molar-refractivity contribution in [1.29, 1.82) is 0 Å². The highest BCUT2D eigenvalue weighted by molar-refractivity contribution is 9.10. The molecule has 2 nitrogen and oxygen atoms in total. The van der Waals surface area contributed by atoms with Crippen molar-refractivity contribution >= 4 is 33.0 Å². The van der Waals surface area contributed by atoms with Crippen LogP contribution in [0.25, 0.3) is 0 Å². The Labute approximate surface area is 112 Å². The third-order valence-electron chi connectivity index (χ3n) is 2.36. The average molecular weight is 315 g/mol. The fraction of sp³-hybridized carbons (Fsp3) is 0.167. The average Bonchev–Trinajstić information content (AvgIpc) is 2.72. The van der Waals surface area contributed by atoms with Gasteiger partial charge in [0.25, 0.3) is 0 Å². The number of thiophene rings is 1. The predicted molar refractivity (Wildman–Crippen MR) is 73.8 cm³/mol. The molecule has 0 amide bonds. The Balaban J connectivity index is 2.19. The molecule has 0 saturated carbocycles. The molecule has 0 aliphatic carbocycles. The molecule has 1 aromatic carbocycles. The standard InChI is InChI=1S/C12H12BrFN2S/c13-10-4-5-17-12(10)11(7-15)16-9-3-1-2-8(14)6-9/h1-6,11,16H,7,15H2. The monoisotopic (exact) mass is 314 g/mol. The Morgan fingerprint density at radius 2 is 2.24 bits per heavy atom. The van der Waals surface area contributed by atoms with Crippen LogP contribution in [-0.4, -0.2) is 6.54 Å². The molecule has 0 bridgehead atoms. The minimum atomic E-state index is -0.254. The highest BCUT2D eigenvalue weighted by Gasteiger charge is 2.14. The number of nitrogens with one attached hydrogen (secondary N) is 1. The lowest BCUT2D eigenvalue weighted by Crippen LogP contribution is -2.20. The Hall–Kier alpha value is -0.910. The SMILES string of the molecule is NCC(Nc1cccc(F)c1)c1sccc1Br. The van der Waals surface area contributed by atoms with Crippen LogP contribution in [0.4, 0.5) is 10.1 Å². The van der Waals surface area contributed by atoms with E-state index >= 15 is 0 Å². The maximum Gasteiger partial charge on any atom is 0.125 e. The summed E-state index contributed by atoms with van der Waals surface area (Å²) in [5.41, 5.74) is 6.49. The van der Waals surface area contributed by atoms with Gasteiger partial charge in [0, 0.05) is 21.6 Å². The van der Waals surface area contributed by atoms with E-state index in [2.05, 4.69) is 21.2 Å². The van der Waals surface area contributed by atoms with Gasteiger partial charge in [-0.1, -0.05) is 6.07 Å². The van der Waals surface area contributed by atoms with Crippen LogP contribution in [0.5, 0.6) is 0 Å². The number of nitrogens with two attached hydrogens (primary N) is 1. The zero-order valence-electron chi connectivity index (χ0n) is 8.99. The van der Waals surface area contributed by atoms with Gasteiger partial charge in [0.2, 0.25) is 0 Å². The van der Waals surface area contributed by atoms with E-state index in [9.17, 15) is 4.39 Å². The van der Waals surface area contributed by atoms with E-state index < -0.39 is 0 Å². The third kappa shape index (κ3) is 3.06. The van der Waals surface area contributed by atoms with Crippen LogP contribution >= 0.6 is 27.3 Å². The second-order valence-corrected chi connectivity index (χ2v) is 5.38. The Bertz CT molecular complexity index is 501. The van der Waals surface area contributed by atoms with Crippen LogP contribution in [0.1, 0.15) is 10.9 Å². The first-order valence-electron chi connectivity index (χ1n) is 5.16. The lowest BCUT2D eigenvalue weighted by Gasteiger charge is -2.17. The number of halogens is 2. The van der Waals surface area contributed by atoms with Gasteiger partial charge >= 0.3 is 0 Å². The second-order valence-electron chi connectivity index (χ2n) is 3.58. The molecule has 2 aromatic rings. The van der Waals surface area contributed by atoms with Crippen molar-refractivity contribution in [2.24, 2.45) is 5.73 Å². The molecule has 0 aliphatic rings. The molecule has 0 radical (unpaired) electrons. The van der Waals surface area contributed by atoms with Gasteiger partial charge in [-0.15, -0.1) is 11.3 Å². The Kier molecular flexibility index (Phi) is 4.15. The topological polar surface area (TPSA) is 38.0 Å². The number of anilines is 1.